The molecule has 0 saturated carbocycles. The maximum atomic E-state index is 11.9. The summed E-state index contributed by atoms with van der Waals surface area (Å²) in [5.41, 5.74) is 0. The largest absolute Gasteiger partial charge is 0.286 e. The molecule has 1 aromatic rings. The molecule has 2 rings (SSSR count). The summed E-state index contributed by atoms with van der Waals surface area (Å²) in [5, 5.41) is 10.2. The van der Waals surface area contributed by atoms with Gasteiger partial charge in [-0.3, -0.25) is 9.69 Å². The van der Waals surface area contributed by atoms with Crippen LogP contribution in [0.5, 0.6) is 0 Å². The van der Waals surface area contributed by atoms with Crippen LogP contribution in [-0.4, -0.2) is 28.5 Å². The number of carbonyl (C=O) groups is 1. The monoisotopic (exact) mass is 287 g/mol. The minimum Gasteiger partial charge on any atom is -0.286 e. The number of alkyl halides is 1. The van der Waals surface area contributed by atoms with Gasteiger partial charge < -0.3 is 0 Å². The Morgan fingerprint density at radius 3 is 2.72 bits per heavy atom. The van der Waals surface area contributed by atoms with Crippen LogP contribution in [0.25, 0.3) is 0 Å². The standard InChI is InChI=1S/C12H18ClN3OS/c1-3-9(4-2)11-14-15-12(18-11)16-7-8(6-13)5-10(16)17/h8-9H,3-7H2,1-2H3. The quantitative estimate of drug-likeness (QED) is 0.782. The second-order valence-corrected chi connectivity index (χ2v) is 5.96. The summed E-state index contributed by atoms with van der Waals surface area (Å²) in [6.45, 7) is 4.99. The molecule has 0 N–H and O–H groups in total. The first-order valence-electron chi connectivity index (χ1n) is 6.39. The minimum atomic E-state index is 0.118. The zero-order chi connectivity index (χ0) is 13.1. The highest BCUT2D eigenvalue weighted by atomic mass is 35.5. The third-order valence-electron chi connectivity index (χ3n) is 3.42. The van der Waals surface area contributed by atoms with Gasteiger partial charge in [0.1, 0.15) is 5.01 Å². The van der Waals surface area contributed by atoms with Crippen molar-refractivity contribution in [3.8, 4) is 0 Å². The molecule has 6 heteroatoms. The number of halogens is 1. The molecule has 1 amide bonds. The molecule has 1 aliphatic rings. The molecular formula is C12H18ClN3OS. The van der Waals surface area contributed by atoms with E-state index in [0.717, 1.165) is 23.0 Å². The summed E-state index contributed by atoms with van der Waals surface area (Å²) in [7, 11) is 0. The Kier molecular flexibility index (Phi) is 4.56. The SMILES string of the molecule is CCC(CC)c1nnc(N2CC(CCl)CC2=O)s1. The molecule has 18 heavy (non-hydrogen) atoms. The van der Waals surface area contributed by atoms with Gasteiger partial charge in [0, 0.05) is 24.8 Å². The van der Waals surface area contributed by atoms with Crippen molar-refractivity contribution in [3.63, 3.8) is 0 Å². The fourth-order valence-electron chi connectivity index (χ4n) is 2.21. The molecular weight excluding hydrogens is 270 g/mol. The van der Waals surface area contributed by atoms with Crippen molar-refractivity contribution in [2.75, 3.05) is 17.3 Å². The zero-order valence-corrected chi connectivity index (χ0v) is 12.3. The van der Waals surface area contributed by atoms with Crippen LogP contribution in [0.1, 0.15) is 44.0 Å². The van der Waals surface area contributed by atoms with Gasteiger partial charge in [0.05, 0.1) is 0 Å². The Labute approximate surface area is 116 Å². The van der Waals surface area contributed by atoms with E-state index in [-0.39, 0.29) is 11.8 Å². The van der Waals surface area contributed by atoms with Crippen molar-refractivity contribution in [3.05, 3.63) is 5.01 Å². The van der Waals surface area contributed by atoms with Crippen LogP contribution in [0.4, 0.5) is 5.13 Å². The minimum absolute atomic E-state index is 0.118. The molecule has 1 unspecified atom stereocenters. The fourth-order valence-corrected chi connectivity index (χ4v) is 3.55. The van der Waals surface area contributed by atoms with E-state index in [9.17, 15) is 4.79 Å². The molecule has 4 nitrogen and oxygen atoms in total. The van der Waals surface area contributed by atoms with Crippen LogP contribution in [0.15, 0.2) is 0 Å². The molecule has 0 aliphatic carbocycles. The van der Waals surface area contributed by atoms with E-state index in [0.29, 0.717) is 24.8 Å². The third-order valence-corrected chi connectivity index (χ3v) is 4.96. The van der Waals surface area contributed by atoms with Crippen LogP contribution in [0.2, 0.25) is 0 Å². The van der Waals surface area contributed by atoms with Crippen LogP contribution < -0.4 is 4.90 Å². The van der Waals surface area contributed by atoms with Gasteiger partial charge in [-0.05, 0) is 18.8 Å². The van der Waals surface area contributed by atoms with E-state index < -0.39 is 0 Å². The predicted octanol–water partition coefficient (Wildman–Crippen LogP) is 3.03. The summed E-state index contributed by atoms with van der Waals surface area (Å²) in [4.78, 5) is 13.6. The topological polar surface area (TPSA) is 46.1 Å². The average Bonchev–Trinajstić information content (AvgIpc) is 2.97. The second-order valence-electron chi connectivity index (χ2n) is 4.67. The van der Waals surface area contributed by atoms with E-state index in [2.05, 4.69) is 24.0 Å². The number of aromatic nitrogens is 2. The number of hydrogen-bond donors (Lipinski definition) is 0. The first kappa shape index (κ1) is 13.7. The number of carbonyl (C=O) groups excluding carboxylic acids is 1. The van der Waals surface area contributed by atoms with Crippen molar-refractivity contribution < 1.29 is 4.79 Å². The lowest BCUT2D eigenvalue weighted by molar-refractivity contribution is -0.117. The van der Waals surface area contributed by atoms with Crippen molar-refractivity contribution >= 4 is 34.0 Å². The molecule has 0 spiro atoms. The Morgan fingerprint density at radius 2 is 2.17 bits per heavy atom. The van der Waals surface area contributed by atoms with Gasteiger partial charge >= 0.3 is 0 Å². The van der Waals surface area contributed by atoms with Crippen LogP contribution >= 0.6 is 22.9 Å². The maximum Gasteiger partial charge on any atom is 0.229 e. The summed E-state index contributed by atoms with van der Waals surface area (Å²) < 4.78 is 0. The van der Waals surface area contributed by atoms with Crippen molar-refractivity contribution in [1.82, 2.24) is 10.2 Å². The van der Waals surface area contributed by atoms with Gasteiger partial charge in [-0.2, -0.15) is 0 Å². The average molecular weight is 288 g/mol. The first-order chi connectivity index (χ1) is 8.69. The predicted molar refractivity (Wildman–Crippen MR) is 74.4 cm³/mol. The number of nitrogens with zero attached hydrogens (tertiary/aromatic N) is 3. The number of amides is 1. The number of rotatable bonds is 5. The summed E-state index contributed by atoms with van der Waals surface area (Å²) in [5.74, 6) is 1.35. The van der Waals surface area contributed by atoms with Crippen LogP contribution in [0, 0.1) is 5.92 Å². The lowest BCUT2D eigenvalue weighted by atomic mass is 10.1. The third kappa shape index (κ3) is 2.67. The Balaban J connectivity index is 2.13. The molecule has 0 bridgehead atoms. The molecule has 0 aromatic carbocycles. The van der Waals surface area contributed by atoms with Crippen molar-refractivity contribution in [2.45, 2.75) is 39.0 Å². The van der Waals surface area contributed by atoms with E-state index in [1.807, 2.05) is 0 Å². The summed E-state index contributed by atoms with van der Waals surface area (Å²) in [6.07, 6.45) is 2.65. The van der Waals surface area contributed by atoms with Crippen molar-refractivity contribution in [1.29, 1.82) is 0 Å². The molecule has 1 fully saturated rings. The van der Waals surface area contributed by atoms with Gasteiger partial charge in [-0.1, -0.05) is 25.2 Å². The van der Waals surface area contributed by atoms with Gasteiger partial charge in [0.25, 0.3) is 0 Å². The number of hydrogen-bond acceptors (Lipinski definition) is 4. The fraction of sp³-hybridized carbons (Fsp3) is 0.750. The molecule has 1 aliphatic heterocycles. The highest BCUT2D eigenvalue weighted by molar-refractivity contribution is 7.15. The molecule has 100 valence electrons. The zero-order valence-electron chi connectivity index (χ0n) is 10.7. The smallest absolute Gasteiger partial charge is 0.229 e. The van der Waals surface area contributed by atoms with Crippen LogP contribution in [0.3, 0.4) is 0 Å². The Morgan fingerprint density at radius 1 is 1.44 bits per heavy atom. The molecule has 1 saturated heterocycles. The Bertz CT molecular complexity index is 419. The first-order valence-corrected chi connectivity index (χ1v) is 7.74. The van der Waals surface area contributed by atoms with E-state index >= 15 is 0 Å². The lowest BCUT2D eigenvalue weighted by Crippen LogP contribution is -2.24. The van der Waals surface area contributed by atoms with Gasteiger partial charge in [0.2, 0.25) is 11.0 Å². The highest BCUT2D eigenvalue weighted by Gasteiger charge is 2.32. The normalized spacial score (nSPS) is 20.1. The van der Waals surface area contributed by atoms with Crippen molar-refractivity contribution in [2.24, 2.45) is 5.92 Å². The second kappa shape index (κ2) is 5.97. The van der Waals surface area contributed by atoms with Gasteiger partial charge in [-0.25, -0.2) is 0 Å². The van der Waals surface area contributed by atoms with Crippen LogP contribution in [-0.2, 0) is 4.79 Å². The van der Waals surface area contributed by atoms with Gasteiger partial charge in [0.15, 0.2) is 0 Å². The van der Waals surface area contributed by atoms with E-state index in [4.69, 9.17) is 11.6 Å². The highest BCUT2D eigenvalue weighted by Crippen LogP contribution is 2.33. The molecule has 0 radical (unpaired) electrons. The maximum absolute atomic E-state index is 11.9. The molecule has 2 heterocycles. The van der Waals surface area contributed by atoms with E-state index in [1.54, 1.807) is 16.2 Å². The molecule has 1 aromatic heterocycles. The summed E-state index contributed by atoms with van der Waals surface area (Å²) >= 11 is 7.36. The summed E-state index contributed by atoms with van der Waals surface area (Å²) in [6, 6.07) is 0. The van der Waals surface area contributed by atoms with Gasteiger partial charge in [-0.15, -0.1) is 21.8 Å². The lowest BCUT2D eigenvalue weighted by Gasteiger charge is -2.11. The molecule has 1 atom stereocenters. The number of anilines is 1. The van der Waals surface area contributed by atoms with E-state index in [1.165, 1.54) is 0 Å². The Hall–Kier alpha value is -0.680.